The largest absolute Gasteiger partial charge is 0.508 e. The first-order chi connectivity index (χ1) is 12.4. The van der Waals surface area contributed by atoms with E-state index in [0.717, 1.165) is 17.5 Å². The van der Waals surface area contributed by atoms with Gasteiger partial charge in [0.05, 0.1) is 0 Å². The second-order valence-corrected chi connectivity index (χ2v) is 6.47. The predicted molar refractivity (Wildman–Crippen MR) is 100.0 cm³/mol. The molecular weight excluding hydrogens is 330 g/mol. The zero-order valence-electron chi connectivity index (χ0n) is 14.9. The summed E-state index contributed by atoms with van der Waals surface area (Å²) in [5.41, 5.74) is 0.557. The maximum Gasteiger partial charge on any atom is 0.329 e. The van der Waals surface area contributed by atoms with Crippen molar-refractivity contribution in [1.29, 1.82) is 0 Å². The normalized spacial score (nSPS) is 13.0. The van der Waals surface area contributed by atoms with Gasteiger partial charge in [0, 0.05) is 12.8 Å². The third-order valence-corrected chi connectivity index (χ3v) is 4.55. The van der Waals surface area contributed by atoms with Crippen molar-refractivity contribution in [1.82, 2.24) is 5.32 Å². The number of hydrogen-bond donors (Lipinski definition) is 3. The Balaban J connectivity index is 1.98. The van der Waals surface area contributed by atoms with Crippen LogP contribution in [0.1, 0.15) is 37.3 Å². The molecule has 0 heterocycles. The summed E-state index contributed by atoms with van der Waals surface area (Å²) in [4.78, 5) is 24.2. The minimum absolute atomic E-state index is 0.121. The van der Waals surface area contributed by atoms with Gasteiger partial charge < -0.3 is 15.5 Å². The van der Waals surface area contributed by atoms with Gasteiger partial charge in [-0.1, -0.05) is 49.4 Å². The molecule has 0 bridgehead atoms. The molecule has 1 atom stereocenters. The number of rotatable bonds is 9. The van der Waals surface area contributed by atoms with Crippen molar-refractivity contribution in [3.05, 3.63) is 65.7 Å². The van der Waals surface area contributed by atoms with Crippen LogP contribution in [0, 0.1) is 0 Å². The Hall–Kier alpha value is -2.82. The molecule has 2 aromatic carbocycles. The van der Waals surface area contributed by atoms with Gasteiger partial charge in [-0.15, -0.1) is 0 Å². The molecule has 0 aliphatic heterocycles. The molecule has 1 unspecified atom stereocenters. The van der Waals surface area contributed by atoms with Crippen LogP contribution in [0.25, 0.3) is 0 Å². The quantitative estimate of drug-likeness (QED) is 0.644. The van der Waals surface area contributed by atoms with Crippen LogP contribution >= 0.6 is 0 Å². The van der Waals surface area contributed by atoms with E-state index < -0.39 is 11.5 Å². The SMILES string of the molecule is CCC(Cc1ccc(O)cc1)(NC(=O)CCCc1ccccc1)C(=O)O. The molecule has 2 aromatic rings. The van der Waals surface area contributed by atoms with Crippen molar-refractivity contribution in [2.24, 2.45) is 0 Å². The van der Waals surface area contributed by atoms with E-state index in [0.29, 0.717) is 6.42 Å². The second-order valence-electron chi connectivity index (χ2n) is 6.47. The third kappa shape index (κ3) is 5.34. The molecule has 2 rings (SSSR count). The molecule has 138 valence electrons. The molecule has 5 nitrogen and oxygen atoms in total. The van der Waals surface area contributed by atoms with Gasteiger partial charge in [0.2, 0.25) is 5.91 Å². The highest BCUT2D eigenvalue weighted by atomic mass is 16.4. The molecule has 1 amide bonds. The van der Waals surface area contributed by atoms with E-state index in [1.54, 1.807) is 19.1 Å². The number of hydrogen-bond acceptors (Lipinski definition) is 3. The fraction of sp³-hybridized carbons (Fsp3) is 0.333. The van der Waals surface area contributed by atoms with E-state index in [1.165, 1.54) is 12.1 Å². The van der Waals surface area contributed by atoms with Crippen molar-refractivity contribution >= 4 is 11.9 Å². The number of carbonyl (C=O) groups excluding carboxylic acids is 1. The fourth-order valence-corrected chi connectivity index (χ4v) is 2.93. The maximum absolute atomic E-state index is 12.3. The average Bonchev–Trinajstić information content (AvgIpc) is 2.63. The lowest BCUT2D eigenvalue weighted by atomic mass is 9.87. The predicted octanol–water partition coefficient (Wildman–Crippen LogP) is 3.31. The summed E-state index contributed by atoms with van der Waals surface area (Å²) in [5, 5.41) is 21.8. The highest BCUT2D eigenvalue weighted by molar-refractivity contribution is 5.87. The van der Waals surface area contributed by atoms with Gasteiger partial charge in [-0.2, -0.15) is 0 Å². The molecule has 0 aromatic heterocycles. The van der Waals surface area contributed by atoms with E-state index in [2.05, 4.69) is 5.32 Å². The van der Waals surface area contributed by atoms with E-state index in [4.69, 9.17) is 0 Å². The Morgan fingerprint density at radius 2 is 1.65 bits per heavy atom. The first-order valence-electron chi connectivity index (χ1n) is 8.81. The van der Waals surface area contributed by atoms with Crippen LogP contribution in [-0.4, -0.2) is 27.6 Å². The lowest BCUT2D eigenvalue weighted by molar-refractivity contribution is -0.147. The summed E-state index contributed by atoms with van der Waals surface area (Å²) in [6.07, 6.45) is 2.16. The molecule has 0 aliphatic rings. The van der Waals surface area contributed by atoms with Crippen LogP contribution in [-0.2, 0) is 22.4 Å². The van der Waals surface area contributed by atoms with Crippen molar-refractivity contribution < 1.29 is 19.8 Å². The third-order valence-electron chi connectivity index (χ3n) is 4.55. The zero-order chi connectivity index (χ0) is 19.0. The minimum Gasteiger partial charge on any atom is -0.508 e. The standard InChI is InChI=1S/C21H25NO4/c1-2-21(20(25)26,15-17-11-13-18(23)14-12-17)22-19(24)10-6-9-16-7-4-3-5-8-16/h3-5,7-8,11-14,23H,2,6,9-10,15H2,1H3,(H,22,24)(H,25,26). The van der Waals surface area contributed by atoms with Gasteiger partial charge in [0.1, 0.15) is 11.3 Å². The monoisotopic (exact) mass is 355 g/mol. The van der Waals surface area contributed by atoms with Crippen LogP contribution in [0.15, 0.2) is 54.6 Å². The van der Waals surface area contributed by atoms with Crippen molar-refractivity contribution in [3.8, 4) is 5.75 Å². The number of phenols is 1. The molecule has 26 heavy (non-hydrogen) atoms. The second kappa shape index (κ2) is 9.04. The lowest BCUT2D eigenvalue weighted by Gasteiger charge is -2.29. The van der Waals surface area contributed by atoms with E-state index in [-0.39, 0.29) is 30.9 Å². The number of aryl methyl sites for hydroxylation is 1. The summed E-state index contributed by atoms with van der Waals surface area (Å²) in [5.74, 6) is -1.19. The molecule has 0 radical (unpaired) electrons. The average molecular weight is 355 g/mol. The molecule has 0 spiro atoms. The first kappa shape index (κ1) is 19.5. The molecule has 0 aliphatic carbocycles. The summed E-state index contributed by atoms with van der Waals surface area (Å²) >= 11 is 0. The Morgan fingerprint density at radius 1 is 1.00 bits per heavy atom. The van der Waals surface area contributed by atoms with Crippen molar-refractivity contribution in [3.63, 3.8) is 0 Å². The Kier molecular flexibility index (Phi) is 6.78. The number of phenolic OH excluding ortho intramolecular Hbond substituents is 1. The topological polar surface area (TPSA) is 86.6 Å². The van der Waals surface area contributed by atoms with Gasteiger partial charge in [-0.25, -0.2) is 4.79 Å². The van der Waals surface area contributed by atoms with Crippen LogP contribution in [0.5, 0.6) is 5.75 Å². The number of amides is 1. The van der Waals surface area contributed by atoms with Crippen LogP contribution in [0.2, 0.25) is 0 Å². The van der Waals surface area contributed by atoms with Gasteiger partial charge in [0.15, 0.2) is 0 Å². The van der Waals surface area contributed by atoms with E-state index in [1.807, 2.05) is 30.3 Å². The number of aromatic hydroxyl groups is 1. The number of nitrogens with one attached hydrogen (secondary N) is 1. The summed E-state index contributed by atoms with van der Waals surface area (Å²) in [6, 6.07) is 16.3. The summed E-state index contributed by atoms with van der Waals surface area (Å²) < 4.78 is 0. The number of aliphatic carboxylic acids is 1. The Labute approximate surface area is 153 Å². The maximum atomic E-state index is 12.3. The summed E-state index contributed by atoms with van der Waals surface area (Å²) in [7, 11) is 0. The molecule has 3 N–H and O–H groups in total. The van der Waals surface area contributed by atoms with Gasteiger partial charge in [0.25, 0.3) is 0 Å². The van der Waals surface area contributed by atoms with Gasteiger partial charge in [-0.3, -0.25) is 4.79 Å². The number of carbonyl (C=O) groups is 2. The first-order valence-corrected chi connectivity index (χ1v) is 8.81. The number of carboxylic acid groups (broad SMARTS) is 1. The molecule has 0 fully saturated rings. The number of benzene rings is 2. The van der Waals surface area contributed by atoms with Crippen molar-refractivity contribution in [2.75, 3.05) is 0 Å². The molecular formula is C21H25NO4. The van der Waals surface area contributed by atoms with E-state index >= 15 is 0 Å². The van der Waals surface area contributed by atoms with Gasteiger partial charge in [-0.05, 0) is 42.5 Å². The van der Waals surface area contributed by atoms with Crippen LogP contribution < -0.4 is 5.32 Å². The molecule has 0 saturated heterocycles. The lowest BCUT2D eigenvalue weighted by Crippen LogP contribution is -2.55. The number of carboxylic acids is 1. The smallest absolute Gasteiger partial charge is 0.329 e. The van der Waals surface area contributed by atoms with Crippen LogP contribution in [0.4, 0.5) is 0 Å². The van der Waals surface area contributed by atoms with Crippen molar-refractivity contribution in [2.45, 2.75) is 44.6 Å². The summed E-state index contributed by atoms with van der Waals surface area (Å²) in [6.45, 7) is 1.75. The van der Waals surface area contributed by atoms with Crippen LogP contribution in [0.3, 0.4) is 0 Å². The van der Waals surface area contributed by atoms with E-state index in [9.17, 15) is 19.8 Å². The molecule has 0 saturated carbocycles. The van der Waals surface area contributed by atoms with Gasteiger partial charge >= 0.3 is 5.97 Å². The Morgan fingerprint density at radius 3 is 2.23 bits per heavy atom. The highest BCUT2D eigenvalue weighted by Gasteiger charge is 2.38. The zero-order valence-corrected chi connectivity index (χ0v) is 14.9. The highest BCUT2D eigenvalue weighted by Crippen LogP contribution is 2.21. The Bertz CT molecular complexity index is 727. The fourth-order valence-electron chi connectivity index (χ4n) is 2.93. The molecule has 5 heteroatoms. The minimum atomic E-state index is -1.35.